The van der Waals surface area contributed by atoms with Crippen molar-refractivity contribution in [2.24, 2.45) is 0 Å². The van der Waals surface area contributed by atoms with E-state index in [9.17, 15) is 8.42 Å². The zero-order valence-electron chi connectivity index (χ0n) is 11.1. The third kappa shape index (κ3) is 2.85. The molecule has 0 aliphatic carbocycles. The molecule has 0 bridgehead atoms. The third-order valence-corrected chi connectivity index (χ3v) is 5.30. The molecule has 106 valence electrons. The number of nitrogens with one attached hydrogen (secondary N) is 1. The van der Waals surface area contributed by atoms with Crippen LogP contribution in [0.15, 0.2) is 42.7 Å². The zero-order chi connectivity index (χ0) is 14.0. The number of anilines is 1. The lowest BCUT2D eigenvalue weighted by atomic mass is 10.1. The monoisotopic (exact) mass is 291 g/mol. The quantitative estimate of drug-likeness (QED) is 0.937. The molecule has 0 radical (unpaired) electrons. The van der Waals surface area contributed by atoms with Gasteiger partial charge in [-0.15, -0.1) is 0 Å². The van der Waals surface area contributed by atoms with Crippen LogP contribution in [0.1, 0.15) is 12.8 Å². The first-order chi connectivity index (χ1) is 9.64. The average Bonchev–Trinajstić information content (AvgIpc) is 2.92. The lowest BCUT2D eigenvalue weighted by molar-refractivity contribution is 0.562. The minimum atomic E-state index is -2.90. The van der Waals surface area contributed by atoms with Gasteiger partial charge in [-0.05, 0) is 31.0 Å². The van der Waals surface area contributed by atoms with Crippen LogP contribution >= 0.6 is 0 Å². The normalized spacial score (nSPS) is 21.5. The van der Waals surface area contributed by atoms with Crippen molar-refractivity contribution in [1.82, 2.24) is 9.78 Å². The van der Waals surface area contributed by atoms with E-state index in [1.165, 1.54) is 0 Å². The van der Waals surface area contributed by atoms with Gasteiger partial charge in [0.25, 0.3) is 0 Å². The van der Waals surface area contributed by atoms with Crippen LogP contribution in [-0.2, 0) is 9.84 Å². The van der Waals surface area contributed by atoms with Gasteiger partial charge in [0, 0.05) is 18.4 Å². The van der Waals surface area contributed by atoms with Gasteiger partial charge in [0.2, 0.25) is 0 Å². The Morgan fingerprint density at radius 1 is 1.25 bits per heavy atom. The second kappa shape index (κ2) is 5.28. The fourth-order valence-electron chi connectivity index (χ4n) is 2.56. The molecule has 1 aromatic carbocycles. The van der Waals surface area contributed by atoms with Crippen molar-refractivity contribution in [2.75, 3.05) is 16.8 Å². The van der Waals surface area contributed by atoms with E-state index in [0.29, 0.717) is 5.75 Å². The Labute approximate surface area is 118 Å². The van der Waals surface area contributed by atoms with Crippen molar-refractivity contribution < 1.29 is 8.42 Å². The molecule has 20 heavy (non-hydrogen) atoms. The van der Waals surface area contributed by atoms with Crippen molar-refractivity contribution in [1.29, 1.82) is 0 Å². The molecule has 6 heteroatoms. The fourth-order valence-corrected chi connectivity index (χ4v) is 4.20. The summed E-state index contributed by atoms with van der Waals surface area (Å²) in [6.45, 7) is 0. The smallest absolute Gasteiger partial charge is 0.152 e. The molecule has 1 aliphatic heterocycles. The number of sulfone groups is 1. The second-order valence-corrected chi connectivity index (χ2v) is 7.29. The highest BCUT2D eigenvalue weighted by molar-refractivity contribution is 7.91. The maximum atomic E-state index is 11.7. The molecule has 0 amide bonds. The lowest BCUT2D eigenvalue weighted by Gasteiger charge is -2.25. The van der Waals surface area contributed by atoms with Gasteiger partial charge in [0.05, 0.1) is 22.9 Å². The summed E-state index contributed by atoms with van der Waals surface area (Å²) in [4.78, 5) is 0. The summed E-state index contributed by atoms with van der Waals surface area (Å²) >= 11 is 0. The van der Waals surface area contributed by atoms with Gasteiger partial charge < -0.3 is 5.32 Å². The highest BCUT2D eigenvalue weighted by Crippen LogP contribution is 2.23. The molecule has 1 saturated heterocycles. The van der Waals surface area contributed by atoms with Crippen molar-refractivity contribution in [3.63, 3.8) is 0 Å². The van der Waals surface area contributed by atoms with Crippen molar-refractivity contribution in [3.8, 4) is 5.69 Å². The van der Waals surface area contributed by atoms with Crippen LogP contribution in [0.2, 0.25) is 0 Å². The van der Waals surface area contributed by atoms with Crippen LogP contribution in [0.4, 0.5) is 5.69 Å². The number of hydrogen-bond acceptors (Lipinski definition) is 4. The number of hydrogen-bond donors (Lipinski definition) is 1. The van der Waals surface area contributed by atoms with Crippen molar-refractivity contribution in [2.45, 2.75) is 18.9 Å². The molecule has 1 N–H and O–H groups in total. The maximum Gasteiger partial charge on any atom is 0.152 e. The predicted octanol–water partition coefficient (Wildman–Crippen LogP) is 1.86. The van der Waals surface area contributed by atoms with E-state index in [-0.39, 0.29) is 11.8 Å². The Hall–Kier alpha value is -1.82. The van der Waals surface area contributed by atoms with Crippen LogP contribution in [-0.4, -0.2) is 35.7 Å². The second-order valence-electron chi connectivity index (χ2n) is 5.07. The van der Waals surface area contributed by atoms with E-state index >= 15 is 0 Å². The molecule has 3 rings (SSSR count). The van der Waals surface area contributed by atoms with Gasteiger partial charge in [-0.2, -0.15) is 5.10 Å². The van der Waals surface area contributed by atoms with Crippen LogP contribution in [0.25, 0.3) is 5.69 Å². The van der Waals surface area contributed by atoms with E-state index in [2.05, 4.69) is 10.4 Å². The SMILES string of the molecule is O=S1(=O)CCCC(Nc2ccccc2-n2cccn2)C1. The topological polar surface area (TPSA) is 64.0 Å². The Kier molecular flexibility index (Phi) is 3.48. The van der Waals surface area contributed by atoms with E-state index in [4.69, 9.17) is 0 Å². The summed E-state index contributed by atoms with van der Waals surface area (Å²) in [7, 11) is -2.90. The Bertz CT molecular complexity index is 680. The van der Waals surface area contributed by atoms with Crippen LogP contribution in [0, 0.1) is 0 Å². The summed E-state index contributed by atoms with van der Waals surface area (Å²) in [5, 5.41) is 7.58. The summed E-state index contributed by atoms with van der Waals surface area (Å²) < 4.78 is 25.2. The summed E-state index contributed by atoms with van der Waals surface area (Å²) in [5.41, 5.74) is 1.85. The summed E-state index contributed by atoms with van der Waals surface area (Å²) in [6, 6.07) is 9.64. The van der Waals surface area contributed by atoms with Gasteiger partial charge in [-0.1, -0.05) is 12.1 Å². The van der Waals surface area contributed by atoms with E-state index in [0.717, 1.165) is 24.2 Å². The van der Waals surface area contributed by atoms with Crippen LogP contribution in [0.5, 0.6) is 0 Å². The summed E-state index contributed by atoms with van der Waals surface area (Å²) in [5.74, 6) is 0.520. The average molecular weight is 291 g/mol. The number of rotatable bonds is 3. The molecule has 5 nitrogen and oxygen atoms in total. The van der Waals surface area contributed by atoms with Gasteiger partial charge >= 0.3 is 0 Å². The molecule has 0 saturated carbocycles. The van der Waals surface area contributed by atoms with Crippen LogP contribution < -0.4 is 5.32 Å². The minimum absolute atomic E-state index is 0.0227. The van der Waals surface area contributed by atoms with Crippen molar-refractivity contribution >= 4 is 15.5 Å². The molecule has 1 unspecified atom stereocenters. The third-order valence-electron chi connectivity index (χ3n) is 3.48. The fraction of sp³-hybridized carbons (Fsp3) is 0.357. The summed E-state index contributed by atoms with van der Waals surface area (Å²) in [6.07, 6.45) is 5.20. The lowest BCUT2D eigenvalue weighted by Crippen LogP contribution is -2.35. The maximum absolute atomic E-state index is 11.7. The van der Waals surface area contributed by atoms with E-state index in [1.807, 2.05) is 36.5 Å². The molecular formula is C14H17N3O2S. The van der Waals surface area contributed by atoms with Gasteiger partial charge in [0.15, 0.2) is 9.84 Å². The predicted molar refractivity (Wildman–Crippen MR) is 78.9 cm³/mol. The standard InChI is InChI=1S/C14H17N3O2S/c18-20(19)10-3-5-12(11-20)16-13-6-1-2-7-14(13)17-9-4-8-15-17/h1-2,4,6-9,12,16H,3,5,10-11H2. The van der Waals surface area contributed by atoms with Gasteiger partial charge in [-0.3, -0.25) is 0 Å². The Balaban J connectivity index is 1.85. The molecule has 1 fully saturated rings. The number of benzene rings is 1. The highest BCUT2D eigenvalue weighted by atomic mass is 32.2. The minimum Gasteiger partial charge on any atom is -0.380 e. The Morgan fingerprint density at radius 2 is 2.10 bits per heavy atom. The number of para-hydroxylation sites is 2. The first-order valence-electron chi connectivity index (χ1n) is 6.70. The van der Waals surface area contributed by atoms with E-state index < -0.39 is 9.84 Å². The van der Waals surface area contributed by atoms with Crippen LogP contribution in [0.3, 0.4) is 0 Å². The first kappa shape index (κ1) is 13.2. The Morgan fingerprint density at radius 3 is 2.85 bits per heavy atom. The zero-order valence-corrected chi connectivity index (χ0v) is 11.9. The molecule has 1 aliphatic rings. The molecular weight excluding hydrogens is 274 g/mol. The highest BCUT2D eigenvalue weighted by Gasteiger charge is 2.25. The van der Waals surface area contributed by atoms with Crippen molar-refractivity contribution in [3.05, 3.63) is 42.7 Å². The van der Waals surface area contributed by atoms with E-state index in [1.54, 1.807) is 10.9 Å². The molecule has 1 atom stereocenters. The largest absolute Gasteiger partial charge is 0.380 e. The molecule has 1 aromatic heterocycles. The number of nitrogens with zero attached hydrogens (tertiary/aromatic N) is 2. The first-order valence-corrected chi connectivity index (χ1v) is 8.52. The van der Waals surface area contributed by atoms with Gasteiger partial charge in [0.1, 0.15) is 0 Å². The molecule has 2 aromatic rings. The molecule has 2 heterocycles. The number of aromatic nitrogens is 2. The molecule has 0 spiro atoms. The van der Waals surface area contributed by atoms with Gasteiger partial charge in [-0.25, -0.2) is 13.1 Å².